The monoisotopic (exact) mass is 666 g/mol. The van der Waals surface area contributed by atoms with Crippen LogP contribution in [0, 0.1) is 55.4 Å². The van der Waals surface area contributed by atoms with Crippen LogP contribution >= 0.6 is 14.3 Å². The molecule has 6 aromatic rings. The Morgan fingerprint density at radius 2 is 0.521 bits per heavy atom. The van der Waals surface area contributed by atoms with Crippen LogP contribution in [0.4, 0.5) is 0 Å². The molecule has 0 saturated heterocycles. The van der Waals surface area contributed by atoms with E-state index in [9.17, 15) is 0 Å². The molecule has 0 atom stereocenters. The van der Waals surface area contributed by atoms with Crippen LogP contribution in [-0.4, -0.2) is 0 Å². The fourth-order valence-corrected chi connectivity index (χ4v) is 13.8. The molecule has 0 unspecified atom stereocenters. The van der Waals surface area contributed by atoms with E-state index < -0.39 is 14.3 Å². The summed E-state index contributed by atoms with van der Waals surface area (Å²) in [7, 11) is -6.85. The molecule has 0 aromatic heterocycles. The summed E-state index contributed by atoms with van der Waals surface area (Å²) >= 11 is 0. The molecule has 0 aliphatic rings. The van der Waals surface area contributed by atoms with Gasteiger partial charge in [0.2, 0.25) is 0 Å². The summed E-state index contributed by atoms with van der Waals surface area (Å²) in [6, 6.07) is 41.2. The van der Waals surface area contributed by atoms with E-state index in [2.05, 4.69) is 140 Å². The Kier molecular flexibility index (Phi) is 9.12. The Hall–Kier alpha value is -4.22. The molecule has 6 rings (SSSR count). The molecule has 0 aliphatic heterocycles. The van der Waals surface area contributed by atoms with Gasteiger partial charge in [-0.15, -0.1) is 0 Å². The maximum absolute atomic E-state index is 16.2. The number of rotatable bonds is 7. The summed E-state index contributed by atoms with van der Waals surface area (Å²) in [4.78, 5) is 0. The highest BCUT2D eigenvalue weighted by atomic mass is 31.2. The highest BCUT2D eigenvalue weighted by molar-refractivity contribution is 7.86. The number of benzene rings is 6. The van der Waals surface area contributed by atoms with Gasteiger partial charge in [-0.3, -0.25) is 0 Å². The minimum atomic E-state index is -3.42. The Labute approximate surface area is 286 Å². The zero-order chi connectivity index (χ0) is 34.4. The zero-order valence-electron chi connectivity index (χ0n) is 29.3. The van der Waals surface area contributed by atoms with Crippen LogP contribution in [0.15, 0.2) is 121 Å². The third kappa shape index (κ3) is 6.21. The molecule has 2 nitrogen and oxygen atoms in total. The van der Waals surface area contributed by atoms with E-state index in [0.29, 0.717) is 0 Å². The largest absolute Gasteiger partial charge is 0.309 e. The molecule has 48 heavy (non-hydrogen) atoms. The lowest BCUT2D eigenvalue weighted by molar-refractivity contribution is 0.591. The molecule has 0 fully saturated rings. The maximum atomic E-state index is 16.2. The second-order valence-electron chi connectivity index (χ2n) is 13.6. The standard InChI is InChI=1S/C44H44O2P2/c1-29-17-30(2)22-37(21-29)47(45,38-23-31(3)18-32(4)24-38)43-15-11-9-13-41(43)42-14-10-12-16-44(42)48(46,39-25-33(5)19-34(6)26-39)40-27-35(7)20-36(8)28-40/h9-28H,1-8H3. The fraction of sp³-hybridized carbons (Fsp3) is 0.182. The van der Waals surface area contributed by atoms with E-state index in [1.807, 2.05) is 36.4 Å². The van der Waals surface area contributed by atoms with Gasteiger partial charge in [0.25, 0.3) is 0 Å². The highest BCUT2D eigenvalue weighted by Gasteiger charge is 2.37. The first-order valence-electron chi connectivity index (χ1n) is 16.5. The van der Waals surface area contributed by atoms with Crippen molar-refractivity contribution in [2.75, 3.05) is 0 Å². The van der Waals surface area contributed by atoms with Gasteiger partial charge in [-0.1, -0.05) is 117 Å². The maximum Gasteiger partial charge on any atom is 0.171 e. The van der Waals surface area contributed by atoms with Crippen LogP contribution in [0.1, 0.15) is 44.5 Å². The van der Waals surface area contributed by atoms with Crippen molar-refractivity contribution < 1.29 is 9.13 Å². The van der Waals surface area contributed by atoms with Crippen LogP contribution in [0.2, 0.25) is 0 Å². The summed E-state index contributed by atoms with van der Waals surface area (Å²) in [5.74, 6) is 0. The van der Waals surface area contributed by atoms with Crippen molar-refractivity contribution in [3.05, 3.63) is 166 Å². The summed E-state index contributed by atoms with van der Waals surface area (Å²) < 4.78 is 32.5. The molecule has 0 radical (unpaired) electrons. The minimum absolute atomic E-state index is 0.750. The van der Waals surface area contributed by atoms with Gasteiger partial charge in [0, 0.05) is 31.8 Å². The quantitative estimate of drug-likeness (QED) is 0.159. The van der Waals surface area contributed by atoms with E-state index in [0.717, 1.165) is 87.5 Å². The Morgan fingerprint density at radius 1 is 0.312 bits per heavy atom. The van der Waals surface area contributed by atoms with E-state index in [4.69, 9.17) is 0 Å². The van der Waals surface area contributed by atoms with Gasteiger partial charge in [0.15, 0.2) is 14.3 Å². The number of hydrogen-bond donors (Lipinski definition) is 0. The Balaban J connectivity index is 1.72. The van der Waals surface area contributed by atoms with Crippen molar-refractivity contribution in [2.45, 2.75) is 55.4 Å². The lowest BCUT2D eigenvalue weighted by Gasteiger charge is -2.27. The van der Waals surface area contributed by atoms with E-state index >= 15 is 9.13 Å². The van der Waals surface area contributed by atoms with Gasteiger partial charge in [0.1, 0.15) is 0 Å². The van der Waals surface area contributed by atoms with Gasteiger partial charge in [-0.25, -0.2) is 0 Å². The first-order chi connectivity index (χ1) is 22.8. The molecule has 0 amide bonds. The molecular formula is C44H44O2P2. The number of hydrogen-bond acceptors (Lipinski definition) is 2. The predicted octanol–water partition coefficient (Wildman–Crippen LogP) is 9.10. The molecule has 0 heterocycles. The lowest BCUT2D eigenvalue weighted by Crippen LogP contribution is -2.30. The molecule has 0 saturated carbocycles. The predicted molar refractivity (Wildman–Crippen MR) is 209 cm³/mol. The topological polar surface area (TPSA) is 34.1 Å². The fourth-order valence-electron chi connectivity index (χ4n) is 7.34. The summed E-state index contributed by atoms with van der Waals surface area (Å²) in [5, 5.41) is 4.73. The summed E-state index contributed by atoms with van der Waals surface area (Å²) in [6.07, 6.45) is 0. The van der Waals surface area contributed by atoms with Crippen molar-refractivity contribution in [1.82, 2.24) is 0 Å². The molecule has 0 aliphatic carbocycles. The van der Waals surface area contributed by atoms with Gasteiger partial charge in [-0.05, 0) is 115 Å². The molecule has 0 spiro atoms. The Morgan fingerprint density at radius 3 is 0.750 bits per heavy atom. The Bertz CT molecular complexity index is 1940. The van der Waals surface area contributed by atoms with Gasteiger partial charge in [0.05, 0.1) is 0 Å². The van der Waals surface area contributed by atoms with Crippen molar-refractivity contribution in [2.24, 2.45) is 0 Å². The minimum Gasteiger partial charge on any atom is -0.309 e. The van der Waals surface area contributed by atoms with Crippen LogP contribution in [0.3, 0.4) is 0 Å². The van der Waals surface area contributed by atoms with Gasteiger partial charge >= 0.3 is 0 Å². The van der Waals surface area contributed by atoms with Crippen LogP contribution < -0.4 is 31.8 Å². The second kappa shape index (κ2) is 13.0. The normalized spacial score (nSPS) is 11.9. The average Bonchev–Trinajstić information content (AvgIpc) is 3.02. The van der Waals surface area contributed by atoms with Gasteiger partial charge < -0.3 is 9.13 Å². The SMILES string of the molecule is Cc1cc(C)cc(P(=O)(c2cc(C)cc(C)c2)c2ccccc2-c2ccccc2P(=O)(c2cc(C)cc(C)c2)c2cc(C)cc(C)c2)c1. The number of aryl methyl sites for hydroxylation is 8. The van der Waals surface area contributed by atoms with Crippen molar-refractivity contribution >= 4 is 46.1 Å². The van der Waals surface area contributed by atoms with E-state index in [1.54, 1.807) is 0 Å². The lowest BCUT2D eigenvalue weighted by atomic mass is 10.1. The van der Waals surface area contributed by atoms with Crippen molar-refractivity contribution in [1.29, 1.82) is 0 Å². The average molecular weight is 667 g/mol. The van der Waals surface area contributed by atoms with Crippen molar-refractivity contribution in [3.8, 4) is 11.1 Å². The molecule has 0 N–H and O–H groups in total. The summed E-state index contributed by atoms with van der Waals surface area (Å²) in [6.45, 7) is 16.5. The summed E-state index contributed by atoms with van der Waals surface area (Å²) in [5.41, 5.74) is 10.2. The molecule has 0 bridgehead atoms. The van der Waals surface area contributed by atoms with Crippen LogP contribution in [0.25, 0.3) is 11.1 Å². The smallest absolute Gasteiger partial charge is 0.171 e. The molecular weight excluding hydrogens is 622 g/mol. The molecule has 6 aromatic carbocycles. The van der Waals surface area contributed by atoms with E-state index in [-0.39, 0.29) is 0 Å². The first kappa shape index (κ1) is 33.7. The molecule has 242 valence electrons. The van der Waals surface area contributed by atoms with Crippen molar-refractivity contribution in [3.63, 3.8) is 0 Å². The third-order valence-electron chi connectivity index (χ3n) is 9.06. The molecule has 4 heteroatoms. The third-order valence-corrected chi connectivity index (χ3v) is 15.1. The second-order valence-corrected chi connectivity index (χ2v) is 19.1. The van der Waals surface area contributed by atoms with E-state index in [1.165, 1.54) is 0 Å². The highest BCUT2D eigenvalue weighted by Crippen LogP contribution is 2.49. The first-order valence-corrected chi connectivity index (χ1v) is 20.0. The van der Waals surface area contributed by atoms with Crippen LogP contribution in [-0.2, 0) is 9.13 Å². The van der Waals surface area contributed by atoms with Crippen LogP contribution in [0.5, 0.6) is 0 Å². The van der Waals surface area contributed by atoms with Gasteiger partial charge in [-0.2, -0.15) is 0 Å². The zero-order valence-corrected chi connectivity index (χ0v) is 31.0.